The fraction of sp³-hybridized carbons (Fsp3) is 0.333. The molecule has 2 N–H and O–H groups in total. The third-order valence-electron chi connectivity index (χ3n) is 2.21. The Balaban J connectivity index is 2.03. The van der Waals surface area contributed by atoms with Crippen LogP contribution in [0, 0.1) is 0 Å². The van der Waals surface area contributed by atoms with Gasteiger partial charge >= 0.3 is 0 Å². The summed E-state index contributed by atoms with van der Waals surface area (Å²) in [4.78, 5) is 5.26. The fourth-order valence-corrected chi connectivity index (χ4v) is 2.36. The minimum atomic E-state index is -0.611. The molecule has 0 bridgehead atoms. The van der Waals surface area contributed by atoms with E-state index in [1.54, 1.807) is 11.8 Å². The Kier molecular flexibility index (Phi) is 3.94. The highest BCUT2D eigenvalue weighted by molar-refractivity contribution is 7.98. The van der Waals surface area contributed by atoms with E-state index in [1.807, 2.05) is 38.1 Å². The highest BCUT2D eigenvalue weighted by Crippen LogP contribution is 2.29. The Morgan fingerprint density at radius 3 is 2.72 bits per heavy atom. The van der Waals surface area contributed by atoms with Gasteiger partial charge in [-0.3, -0.25) is 0 Å². The lowest BCUT2D eigenvalue weighted by molar-refractivity contribution is 0.310. The number of nitrogens with zero attached hydrogens (tertiary/aromatic N) is 2. The molecule has 0 atom stereocenters. The van der Waals surface area contributed by atoms with Crippen LogP contribution in [0.2, 0.25) is 5.02 Å². The molecule has 1 heterocycles. The van der Waals surface area contributed by atoms with Gasteiger partial charge in [-0.25, -0.2) is 0 Å². The summed E-state index contributed by atoms with van der Waals surface area (Å²) in [5.41, 5.74) is 5.27. The standard InChI is InChI=1S/C12H14ClN3OS/c1-12(2,14)11-15-10(16-17-11)7-18-9-6-4-3-5-8(9)13/h3-6H,7,14H2,1-2H3. The lowest BCUT2D eigenvalue weighted by Gasteiger charge is -2.10. The minimum absolute atomic E-state index is 0.442. The molecule has 0 unspecified atom stereocenters. The van der Waals surface area contributed by atoms with Crippen molar-refractivity contribution in [2.24, 2.45) is 5.73 Å². The molecule has 18 heavy (non-hydrogen) atoms. The number of thioether (sulfide) groups is 1. The lowest BCUT2D eigenvalue weighted by Crippen LogP contribution is -2.29. The Morgan fingerprint density at radius 1 is 1.39 bits per heavy atom. The van der Waals surface area contributed by atoms with Crippen LogP contribution in [0.4, 0.5) is 0 Å². The second kappa shape index (κ2) is 5.30. The number of halogens is 1. The zero-order valence-electron chi connectivity index (χ0n) is 10.2. The van der Waals surface area contributed by atoms with Gasteiger partial charge in [0.15, 0.2) is 5.82 Å². The molecule has 0 aliphatic carbocycles. The number of aromatic nitrogens is 2. The molecule has 96 valence electrons. The topological polar surface area (TPSA) is 64.9 Å². The van der Waals surface area contributed by atoms with E-state index in [0.29, 0.717) is 17.5 Å². The van der Waals surface area contributed by atoms with Gasteiger partial charge in [0.25, 0.3) is 0 Å². The van der Waals surface area contributed by atoms with Gasteiger partial charge in [0.1, 0.15) is 0 Å². The molecule has 0 saturated heterocycles. The Bertz CT molecular complexity index is 536. The molecule has 0 saturated carbocycles. The maximum Gasteiger partial charge on any atom is 0.246 e. The van der Waals surface area contributed by atoms with Crippen LogP contribution in [0.3, 0.4) is 0 Å². The molecule has 6 heteroatoms. The van der Waals surface area contributed by atoms with Crippen molar-refractivity contribution in [1.29, 1.82) is 0 Å². The van der Waals surface area contributed by atoms with Crippen molar-refractivity contribution < 1.29 is 4.52 Å². The SMILES string of the molecule is CC(C)(N)c1nc(CSc2ccccc2Cl)no1. The van der Waals surface area contributed by atoms with E-state index in [1.165, 1.54) is 0 Å². The summed E-state index contributed by atoms with van der Waals surface area (Å²) in [5, 5.41) is 4.62. The van der Waals surface area contributed by atoms with Crippen molar-refractivity contribution in [3.8, 4) is 0 Å². The van der Waals surface area contributed by atoms with E-state index in [9.17, 15) is 0 Å². The van der Waals surface area contributed by atoms with Crippen LogP contribution in [0.5, 0.6) is 0 Å². The normalized spacial score (nSPS) is 11.8. The van der Waals surface area contributed by atoms with Crippen molar-refractivity contribution in [3.63, 3.8) is 0 Å². The second-order valence-corrected chi connectivity index (χ2v) is 5.88. The molecule has 1 aromatic heterocycles. The van der Waals surface area contributed by atoms with Gasteiger partial charge < -0.3 is 10.3 Å². The monoisotopic (exact) mass is 283 g/mol. The highest BCUT2D eigenvalue weighted by atomic mass is 35.5. The molecule has 1 aromatic carbocycles. The zero-order chi connectivity index (χ0) is 13.2. The summed E-state index contributed by atoms with van der Waals surface area (Å²) in [7, 11) is 0. The summed E-state index contributed by atoms with van der Waals surface area (Å²) < 4.78 is 5.12. The molecule has 2 rings (SSSR count). The predicted molar refractivity (Wildman–Crippen MR) is 72.5 cm³/mol. The molecule has 0 aliphatic rings. The Hall–Kier alpha value is -1.04. The van der Waals surface area contributed by atoms with E-state index in [2.05, 4.69) is 10.1 Å². The van der Waals surface area contributed by atoms with E-state index < -0.39 is 5.54 Å². The predicted octanol–water partition coefficient (Wildman–Crippen LogP) is 3.21. The van der Waals surface area contributed by atoms with E-state index >= 15 is 0 Å². The maximum absolute atomic E-state index is 6.06. The second-order valence-electron chi connectivity index (χ2n) is 4.46. The first kappa shape index (κ1) is 13.4. The van der Waals surface area contributed by atoms with Gasteiger partial charge in [0, 0.05) is 4.90 Å². The number of benzene rings is 1. The Labute approximate surface area is 115 Å². The maximum atomic E-state index is 6.06. The average Bonchev–Trinajstić information content (AvgIpc) is 2.76. The van der Waals surface area contributed by atoms with Gasteiger partial charge in [-0.05, 0) is 26.0 Å². The molecule has 0 spiro atoms. The first-order valence-corrected chi connectivity index (χ1v) is 6.82. The smallest absolute Gasteiger partial charge is 0.246 e. The van der Waals surface area contributed by atoms with Crippen LogP contribution in [0.1, 0.15) is 25.6 Å². The minimum Gasteiger partial charge on any atom is -0.337 e. The molecular weight excluding hydrogens is 270 g/mol. The number of nitrogens with two attached hydrogens (primary N) is 1. The number of hydrogen-bond donors (Lipinski definition) is 1. The van der Waals surface area contributed by atoms with Gasteiger partial charge in [0.2, 0.25) is 5.89 Å². The van der Waals surface area contributed by atoms with Gasteiger partial charge in [-0.1, -0.05) is 28.9 Å². The van der Waals surface area contributed by atoms with Crippen LogP contribution < -0.4 is 5.73 Å². The largest absolute Gasteiger partial charge is 0.337 e. The average molecular weight is 284 g/mol. The molecule has 0 aliphatic heterocycles. The van der Waals surface area contributed by atoms with E-state index in [-0.39, 0.29) is 0 Å². The van der Waals surface area contributed by atoms with Gasteiger partial charge in [-0.2, -0.15) is 4.98 Å². The number of hydrogen-bond acceptors (Lipinski definition) is 5. The van der Waals surface area contributed by atoms with Crippen molar-refractivity contribution >= 4 is 23.4 Å². The summed E-state index contributed by atoms with van der Waals surface area (Å²) in [6.07, 6.45) is 0. The van der Waals surface area contributed by atoms with Crippen molar-refractivity contribution in [2.75, 3.05) is 0 Å². The van der Waals surface area contributed by atoms with Crippen LogP contribution in [-0.2, 0) is 11.3 Å². The molecule has 0 amide bonds. The first-order chi connectivity index (χ1) is 8.47. The van der Waals surface area contributed by atoms with Crippen LogP contribution in [0.25, 0.3) is 0 Å². The molecular formula is C12H14ClN3OS. The van der Waals surface area contributed by atoms with Crippen molar-refractivity contribution in [3.05, 3.63) is 41.0 Å². The summed E-state index contributed by atoms with van der Waals surface area (Å²) >= 11 is 7.63. The third kappa shape index (κ3) is 3.25. The highest BCUT2D eigenvalue weighted by Gasteiger charge is 2.22. The summed E-state index contributed by atoms with van der Waals surface area (Å²) in [6.45, 7) is 3.65. The van der Waals surface area contributed by atoms with Crippen molar-refractivity contribution in [2.45, 2.75) is 30.0 Å². The quantitative estimate of drug-likeness (QED) is 0.873. The summed E-state index contributed by atoms with van der Waals surface area (Å²) in [5.74, 6) is 1.66. The van der Waals surface area contributed by atoms with Gasteiger partial charge in [-0.15, -0.1) is 11.8 Å². The van der Waals surface area contributed by atoms with Crippen LogP contribution in [-0.4, -0.2) is 10.1 Å². The first-order valence-electron chi connectivity index (χ1n) is 5.46. The van der Waals surface area contributed by atoms with Crippen LogP contribution in [0.15, 0.2) is 33.7 Å². The summed E-state index contributed by atoms with van der Waals surface area (Å²) in [6, 6.07) is 7.66. The Morgan fingerprint density at radius 2 is 2.11 bits per heavy atom. The zero-order valence-corrected chi connectivity index (χ0v) is 11.8. The fourth-order valence-electron chi connectivity index (χ4n) is 1.28. The lowest BCUT2D eigenvalue weighted by atomic mass is 10.1. The number of rotatable bonds is 4. The molecule has 2 aromatic rings. The van der Waals surface area contributed by atoms with Gasteiger partial charge in [0.05, 0.1) is 16.3 Å². The third-order valence-corrected chi connectivity index (χ3v) is 3.72. The molecule has 4 nitrogen and oxygen atoms in total. The van der Waals surface area contributed by atoms with E-state index in [0.717, 1.165) is 9.92 Å². The van der Waals surface area contributed by atoms with Crippen molar-refractivity contribution in [1.82, 2.24) is 10.1 Å². The van der Waals surface area contributed by atoms with Crippen LogP contribution >= 0.6 is 23.4 Å². The molecule has 0 radical (unpaired) electrons. The van der Waals surface area contributed by atoms with E-state index in [4.69, 9.17) is 21.9 Å². The molecule has 0 fully saturated rings.